The molecule has 78 heavy (non-hydrogen) atoms. The summed E-state index contributed by atoms with van der Waals surface area (Å²) in [5, 5.41) is 4.04. The van der Waals surface area contributed by atoms with E-state index in [1.165, 1.54) is 0 Å². The molecule has 2 aromatic carbocycles. The summed E-state index contributed by atoms with van der Waals surface area (Å²) in [6, 6.07) is 18.7. The summed E-state index contributed by atoms with van der Waals surface area (Å²) >= 11 is 0. The molecule has 4 fully saturated rings. The Labute approximate surface area is 479 Å². The molecule has 20 atom stereocenters. The normalized spacial score (nSPS) is 34.8. The summed E-state index contributed by atoms with van der Waals surface area (Å²) in [5.41, 5.74) is 10.9. The summed E-state index contributed by atoms with van der Waals surface area (Å²) in [4.78, 5) is 48.2. The van der Waals surface area contributed by atoms with E-state index in [1.54, 1.807) is 27.7 Å². The van der Waals surface area contributed by atoms with Crippen LogP contribution in [0.3, 0.4) is 0 Å². The quantitative estimate of drug-likeness (QED) is 0.0346. The number of carbonyl (C=O) groups excluding carboxylic acids is 5. The van der Waals surface area contributed by atoms with Crippen LogP contribution < -0.4 is 29.6 Å². The average Bonchev–Trinajstić information content (AvgIpc) is 3.37. The van der Waals surface area contributed by atoms with E-state index >= 15 is 0 Å². The van der Waals surface area contributed by atoms with Crippen LogP contribution in [0.15, 0.2) is 65.8 Å². The summed E-state index contributed by atoms with van der Waals surface area (Å²) in [6.07, 6.45) is -7.74. The zero-order valence-corrected chi connectivity index (χ0v) is 49.6. The van der Waals surface area contributed by atoms with Crippen molar-refractivity contribution in [1.82, 2.24) is 0 Å². The predicted molar refractivity (Wildman–Crippen MR) is 266 cm³/mol. The van der Waals surface area contributed by atoms with Crippen LogP contribution in [-0.4, -0.2) is 136 Å². The van der Waals surface area contributed by atoms with Gasteiger partial charge in [-0.3, -0.25) is 4.18 Å². The van der Waals surface area contributed by atoms with Gasteiger partial charge in [-0.15, -0.1) is 0 Å². The van der Waals surface area contributed by atoms with Gasteiger partial charge in [0, 0.05) is 22.7 Å². The Morgan fingerprint density at radius 2 is 1.08 bits per heavy atom. The number of esters is 1. The zero-order chi connectivity index (χ0) is 57.2. The number of rotatable bonds is 20. The second kappa shape index (κ2) is 32.8. The molecule has 0 N–H and O–H groups in total. The van der Waals surface area contributed by atoms with Gasteiger partial charge in [0.05, 0.1) is 68.6 Å². The number of azide groups is 1. The van der Waals surface area contributed by atoms with Crippen LogP contribution in [0.25, 0.3) is 10.4 Å². The van der Waals surface area contributed by atoms with Crippen LogP contribution in [0.5, 0.6) is 0 Å². The first-order chi connectivity index (χ1) is 36.4. The smallest absolute Gasteiger partial charge is 0.726 e. The topological polar surface area (TPSA) is 302 Å². The summed E-state index contributed by atoms with van der Waals surface area (Å²) < 4.78 is 111. The van der Waals surface area contributed by atoms with E-state index in [-0.39, 0.29) is 84.7 Å². The Morgan fingerprint density at radius 3 is 1.55 bits per heavy atom. The van der Waals surface area contributed by atoms with Crippen molar-refractivity contribution in [1.29, 1.82) is 0 Å². The van der Waals surface area contributed by atoms with Crippen molar-refractivity contribution in [3.8, 4) is 0 Å². The first-order valence-electron chi connectivity index (χ1n) is 25.8. The molecule has 25 heteroatoms. The average molecular weight is 1130 g/mol. The van der Waals surface area contributed by atoms with E-state index in [9.17, 15) is 23.3 Å². The van der Waals surface area contributed by atoms with E-state index in [1.807, 2.05) is 102 Å². The van der Waals surface area contributed by atoms with E-state index in [2.05, 4.69) is 28.1 Å². The number of ether oxygens (including phenoxy) is 11. The second-order valence-electron chi connectivity index (χ2n) is 20.8. The minimum Gasteiger partial charge on any atom is -0.726 e. The molecule has 4 aliphatic rings. The molecular weight excluding hydrogens is 1050 g/mol. The van der Waals surface area contributed by atoms with Crippen molar-refractivity contribution in [3.05, 3.63) is 82.2 Å². The van der Waals surface area contributed by atoms with Gasteiger partial charge in [0.1, 0.15) is 24.4 Å². The monoisotopic (exact) mass is 1130 g/mol. The van der Waals surface area contributed by atoms with E-state index in [4.69, 9.17) is 71.3 Å². The third-order valence-corrected chi connectivity index (χ3v) is 14.8. The number of nitrogens with zero attached hydrogens (tertiary/aromatic N) is 3. The minimum atomic E-state index is -5.01. The van der Waals surface area contributed by atoms with Gasteiger partial charge < -0.3 is 56.7 Å². The van der Waals surface area contributed by atoms with Gasteiger partial charge in [-0.2, -0.15) is 19.2 Å². The molecule has 4 heterocycles. The maximum absolute atomic E-state index is 12.7. The molecule has 0 aromatic heterocycles. The molecule has 0 amide bonds. The van der Waals surface area contributed by atoms with Gasteiger partial charge in [-0.05, 0) is 75.5 Å². The molecule has 0 aliphatic carbocycles. The van der Waals surface area contributed by atoms with Gasteiger partial charge >= 0.3 is 47.8 Å². The molecule has 0 saturated carbocycles. The molecule has 0 radical (unpaired) electrons. The summed E-state index contributed by atoms with van der Waals surface area (Å²) in [6.45, 7) is 22.7. The van der Waals surface area contributed by atoms with Crippen LogP contribution in [0.1, 0.15) is 101 Å². The molecule has 0 bridgehead atoms. The number of carbonyl (C=O) groups is 1. The first-order valence-corrected chi connectivity index (χ1v) is 27.1. The molecule has 4 saturated heterocycles. The Bertz CT molecular complexity index is 2320. The van der Waals surface area contributed by atoms with E-state index in [0.29, 0.717) is 13.0 Å². The molecule has 0 spiro atoms. The maximum Gasteiger partial charge on any atom is 1.00 e. The van der Waals surface area contributed by atoms with Crippen molar-refractivity contribution in [3.63, 3.8) is 0 Å². The van der Waals surface area contributed by atoms with Crippen LogP contribution in [0.2, 0.25) is 0 Å². The SMILES string of the molecule is CCC1O[C@H](O[C@@H]2C(C)O[C@@H](OCC(=O)OC(C)(C)C)C(C)[C@@H]2OCc2ccccc2)C(C)[C@@H](C)[C@@H]1O[C@@H]1OC(C)[C@@H](O[C@@H]2OC(COS(=O)(=O)[O-])[C@@H](C)[C@H](C)C2N=[N+]=[N-])[C@@H](OCc2ccccc2)C1C.O=C=O.O=C=O.[Na+]. The Kier molecular flexibility index (Phi) is 28.9. The largest absolute Gasteiger partial charge is 1.00 e. The summed E-state index contributed by atoms with van der Waals surface area (Å²) in [5.74, 6) is -2.29. The molecule has 430 valence electrons. The maximum atomic E-state index is 12.7. The first kappa shape index (κ1) is 68.7. The van der Waals surface area contributed by atoms with Crippen molar-refractivity contribution in [2.75, 3.05) is 13.2 Å². The molecule has 4 aliphatic heterocycles. The molecule has 23 nitrogen and oxygen atoms in total. The minimum absolute atomic E-state index is 0. The van der Waals surface area contributed by atoms with Crippen LogP contribution in [-0.2, 0) is 104 Å². The van der Waals surface area contributed by atoms with Gasteiger partial charge in [-0.1, -0.05) is 114 Å². The van der Waals surface area contributed by atoms with Crippen molar-refractivity contribution in [2.45, 2.75) is 194 Å². The fraction of sp³-hybridized carbons (Fsp3) is 0.717. The zero-order valence-electron chi connectivity index (χ0n) is 46.8. The fourth-order valence-corrected chi connectivity index (χ4v) is 10.2. The van der Waals surface area contributed by atoms with Gasteiger partial charge in [0.15, 0.2) is 25.2 Å². The van der Waals surface area contributed by atoms with Crippen molar-refractivity contribution >= 4 is 28.7 Å². The number of hydrogen-bond donors (Lipinski definition) is 0. The predicted octanol–water partition coefficient (Wildman–Crippen LogP) is 3.83. The molecule has 8 unspecified atom stereocenters. The van der Waals surface area contributed by atoms with Crippen molar-refractivity contribution < 1.29 is 123 Å². The molecular formula is C53H76N3NaO20S. The number of hydrogen-bond acceptors (Lipinski definition) is 21. The van der Waals surface area contributed by atoms with Crippen LogP contribution in [0.4, 0.5) is 0 Å². The third-order valence-electron chi connectivity index (χ3n) is 14.4. The molecule has 2 aromatic rings. The fourth-order valence-electron chi connectivity index (χ4n) is 9.91. The van der Waals surface area contributed by atoms with Crippen molar-refractivity contribution in [2.24, 2.45) is 40.6 Å². The Morgan fingerprint density at radius 1 is 0.628 bits per heavy atom. The second-order valence-corrected chi connectivity index (χ2v) is 21.9. The van der Waals surface area contributed by atoms with E-state index < -0.39 is 121 Å². The van der Waals surface area contributed by atoms with Gasteiger partial charge in [-0.25, -0.2) is 13.2 Å². The number of benzene rings is 2. The Balaban J connectivity index is 0.00000218. The Hall–Kier alpha value is -3.55. The van der Waals surface area contributed by atoms with Crippen LogP contribution in [0, 0.1) is 35.5 Å². The molecule has 6 rings (SSSR count). The van der Waals surface area contributed by atoms with Gasteiger partial charge in [0.25, 0.3) is 0 Å². The van der Waals surface area contributed by atoms with Gasteiger partial charge in [0.2, 0.25) is 10.4 Å². The van der Waals surface area contributed by atoms with Crippen LogP contribution >= 0.6 is 0 Å². The standard InChI is InChI=1S/C51H77N3O16S.2CO2.Na/c1-13-38-42(30(4)31(5)48(65-38)68-45-34(8)63-47(61-27-40(55)70-51(10,11)12)32(6)43(45)59-24-36-20-16-14-17-21-36)67-49-33(7)44(60-25-37-22-18-15-19-23-37)46(35(9)64-49)69-50-41(53-54-52)29(3)28(2)39(66-50)26-62-71(56,57)58;2*2-1-3;/h14-23,28-35,38-39,41-50H,13,24-27H2,1-12H3,(H,56,57,58);;;/q;;;+1/p-1/t28-,29-,30+,31?,32?,33?,34?,35?,38?,39?,41?,42-,43-,44-,45+,46+,47+,48+,49-,50-;;;/m0.../s1. The third kappa shape index (κ3) is 20.2. The summed E-state index contributed by atoms with van der Waals surface area (Å²) in [7, 11) is -5.01. The van der Waals surface area contributed by atoms with E-state index in [0.717, 1.165) is 11.1 Å².